The summed E-state index contributed by atoms with van der Waals surface area (Å²) in [5.41, 5.74) is 3.25. The van der Waals surface area contributed by atoms with Crippen molar-refractivity contribution in [1.82, 2.24) is 29.9 Å². The first-order chi connectivity index (χ1) is 16.9. The number of pyridine rings is 2. The lowest BCUT2D eigenvalue weighted by Crippen LogP contribution is -2.59. The molecule has 0 amide bonds. The van der Waals surface area contributed by atoms with Crippen LogP contribution in [0.2, 0.25) is 0 Å². The molecule has 2 unspecified atom stereocenters. The quantitative estimate of drug-likeness (QED) is 0.346. The number of nitrogens with one attached hydrogen (secondary N) is 3. The summed E-state index contributed by atoms with van der Waals surface area (Å²) in [4.78, 5) is 9.97. The monoisotopic (exact) mass is 470 g/mol. The lowest BCUT2D eigenvalue weighted by atomic mass is 9.52. The van der Waals surface area contributed by atoms with Gasteiger partial charge in [0.25, 0.3) is 0 Å². The van der Waals surface area contributed by atoms with Crippen molar-refractivity contribution in [3.63, 3.8) is 0 Å². The van der Waals surface area contributed by atoms with Crippen molar-refractivity contribution in [1.29, 1.82) is 0 Å². The van der Waals surface area contributed by atoms with Crippen molar-refractivity contribution < 1.29 is 5.11 Å². The van der Waals surface area contributed by atoms with Gasteiger partial charge in [0.15, 0.2) is 5.82 Å². The molecule has 4 aromatic rings. The third-order valence-corrected chi connectivity index (χ3v) is 8.19. The Morgan fingerprint density at radius 3 is 2.60 bits per heavy atom. The van der Waals surface area contributed by atoms with Gasteiger partial charge in [-0.05, 0) is 68.9 Å². The van der Waals surface area contributed by atoms with Gasteiger partial charge in [0, 0.05) is 48.1 Å². The van der Waals surface area contributed by atoms with E-state index in [-0.39, 0.29) is 0 Å². The molecule has 0 aliphatic heterocycles. The Hall–Kier alpha value is -3.46. The van der Waals surface area contributed by atoms with Crippen LogP contribution in [0.3, 0.4) is 0 Å². The summed E-state index contributed by atoms with van der Waals surface area (Å²) < 4.78 is 1.79. The van der Waals surface area contributed by atoms with Crippen LogP contribution in [0.25, 0.3) is 22.2 Å². The van der Waals surface area contributed by atoms with E-state index in [0.29, 0.717) is 29.6 Å². The summed E-state index contributed by atoms with van der Waals surface area (Å²) >= 11 is 0. The van der Waals surface area contributed by atoms with Crippen LogP contribution in [0.15, 0.2) is 36.7 Å². The molecule has 4 saturated carbocycles. The lowest BCUT2D eigenvalue weighted by Gasteiger charge is -2.58. The number of aliphatic hydroxyl groups is 1. The average Bonchev–Trinajstić information content (AvgIpc) is 3.42. The molecule has 4 aliphatic carbocycles. The average molecular weight is 471 g/mol. The molecule has 180 valence electrons. The van der Waals surface area contributed by atoms with Crippen LogP contribution in [0, 0.1) is 24.7 Å². The molecule has 4 fully saturated rings. The maximum atomic E-state index is 11.0. The molecule has 0 aromatic carbocycles. The first kappa shape index (κ1) is 20.9. The molecule has 4 aromatic heterocycles. The number of hydrogen-bond acceptors (Lipinski definition) is 7. The van der Waals surface area contributed by atoms with E-state index in [1.807, 2.05) is 44.6 Å². The number of hydrogen-bond donors (Lipinski definition) is 4. The first-order valence-electron chi connectivity index (χ1n) is 12.5. The highest BCUT2D eigenvalue weighted by atomic mass is 16.3. The SMILES string of the molecule is Cc1cc(Nc2cc3nc(-c4cnn(C)c4)ccc3c(NC3C4CC5CC3CC(O)(C5)C4)n2)n[nH]1. The second-order valence-corrected chi connectivity index (χ2v) is 10.9. The summed E-state index contributed by atoms with van der Waals surface area (Å²) in [6, 6.07) is 8.40. The third kappa shape index (κ3) is 3.65. The van der Waals surface area contributed by atoms with Crippen molar-refractivity contribution in [2.24, 2.45) is 24.8 Å². The van der Waals surface area contributed by atoms with Gasteiger partial charge in [0.1, 0.15) is 11.6 Å². The van der Waals surface area contributed by atoms with E-state index in [9.17, 15) is 5.11 Å². The predicted octanol–water partition coefficient (Wildman–Crippen LogP) is 4.16. The number of anilines is 3. The minimum atomic E-state index is -0.453. The van der Waals surface area contributed by atoms with Crippen molar-refractivity contribution in [3.8, 4) is 11.3 Å². The Morgan fingerprint density at radius 2 is 1.91 bits per heavy atom. The topological polar surface area (TPSA) is 117 Å². The smallest absolute Gasteiger partial charge is 0.153 e. The fraction of sp³-hybridized carbons (Fsp3) is 0.462. The molecule has 4 heterocycles. The van der Waals surface area contributed by atoms with Crippen LogP contribution in [0.1, 0.15) is 37.8 Å². The molecule has 8 rings (SSSR count). The van der Waals surface area contributed by atoms with Crippen LogP contribution in [-0.4, -0.2) is 46.7 Å². The molecular formula is C26H30N8O. The van der Waals surface area contributed by atoms with Crippen molar-refractivity contribution in [3.05, 3.63) is 42.4 Å². The van der Waals surface area contributed by atoms with Gasteiger partial charge in [-0.25, -0.2) is 9.97 Å². The summed E-state index contributed by atoms with van der Waals surface area (Å²) in [6.45, 7) is 1.97. The van der Waals surface area contributed by atoms with Gasteiger partial charge in [-0.1, -0.05) is 0 Å². The Morgan fingerprint density at radius 1 is 1.09 bits per heavy atom. The Balaban J connectivity index is 1.28. The van der Waals surface area contributed by atoms with Crippen molar-refractivity contribution >= 4 is 28.4 Å². The molecule has 4 aliphatic rings. The van der Waals surface area contributed by atoms with Gasteiger partial charge in [-0.2, -0.15) is 10.2 Å². The van der Waals surface area contributed by atoms with Gasteiger partial charge in [0.05, 0.1) is 23.0 Å². The van der Waals surface area contributed by atoms with E-state index >= 15 is 0 Å². The van der Waals surface area contributed by atoms with Crippen LogP contribution in [0.5, 0.6) is 0 Å². The molecule has 2 atom stereocenters. The minimum Gasteiger partial charge on any atom is -0.390 e. The molecule has 4 bridgehead atoms. The molecule has 0 radical (unpaired) electrons. The second kappa shape index (κ2) is 7.52. The fourth-order valence-corrected chi connectivity index (χ4v) is 7.00. The maximum Gasteiger partial charge on any atom is 0.153 e. The molecule has 4 N–H and O–H groups in total. The zero-order valence-corrected chi connectivity index (χ0v) is 20.0. The highest BCUT2D eigenvalue weighted by Crippen LogP contribution is 2.56. The van der Waals surface area contributed by atoms with Crippen molar-refractivity contribution in [2.45, 2.75) is 50.7 Å². The second-order valence-electron chi connectivity index (χ2n) is 10.9. The first-order valence-corrected chi connectivity index (χ1v) is 12.5. The van der Waals surface area contributed by atoms with Crippen LogP contribution in [0.4, 0.5) is 17.5 Å². The summed E-state index contributed by atoms with van der Waals surface area (Å²) in [5, 5.41) is 30.8. The molecule has 35 heavy (non-hydrogen) atoms. The molecule has 0 spiro atoms. The lowest BCUT2D eigenvalue weighted by molar-refractivity contribution is -0.129. The molecule has 9 heteroatoms. The number of aryl methyl sites for hydroxylation is 2. The van der Waals surface area contributed by atoms with Gasteiger partial charge in [-0.15, -0.1) is 0 Å². The molecule has 0 saturated heterocycles. The number of rotatable bonds is 5. The number of aromatic nitrogens is 6. The Bertz CT molecular complexity index is 1410. The van der Waals surface area contributed by atoms with Crippen LogP contribution < -0.4 is 10.6 Å². The van der Waals surface area contributed by atoms with E-state index in [1.54, 1.807) is 4.68 Å². The number of H-pyrrole nitrogens is 1. The zero-order chi connectivity index (χ0) is 23.7. The molecular weight excluding hydrogens is 440 g/mol. The van der Waals surface area contributed by atoms with Gasteiger partial charge >= 0.3 is 0 Å². The van der Waals surface area contributed by atoms with Gasteiger partial charge in [0.2, 0.25) is 0 Å². The largest absolute Gasteiger partial charge is 0.390 e. The van der Waals surface area contributed by atoms with Crippen molar-refractivity contribution in [2.75, 3.05) is 10.6 Å². The predicted molar refractivity (Wildman–Crippen MR) is 134 cm³/mol. The van der Waals surface area contributed by atoms with E-state index in [4.69, 9.17) is 9.97 Å². The number of aromatic amines is 1. The summed E-state index contributed by atoms with van der Waals surface area (Å²) in [7, 11) is 1.91. The highest BCUT2D eigenvalue weighted by molar-refractivity contribution is 5.93. The van der Waals surface area contributed by atoms with Crippen LogP contribution in [-0.2, 0) is 7.05 Å². The highest BCUT2D eigenvalue weighted by Gasteiger charge is 2.54. The van der Waals surface area contributed by atoms with E-state index < -0.39 is 5.60 Å². The van der Waals surface area contributed by atoms with Gasteiger partial charge in [-0.3, -0.25) is 9.78 Å². The molecule has 9 nitrogen and oxygen atoms in total. The van der Waals surface area contributed by atoms with E-state index in [0.717, 1.165) is 58.8 Å². The number of fused-ring (bicyclic) bond motifs is 1. The van der Waals surface area contributed by atoms with E-state index in [2.05, 4.69) is 32.0 Å². The summed E-state index contributed by atoms with van der Waals surface area (Å²) in [5.74, 6) is 3.89. The zero-order valence-electron chi connectivity index (χ0n) is 20.0. The maximum absolute atomic E-state index is 11.0. The summed E-state index contributed by atoms with van der Waals surface area (Å²) in [6.07, 6.45) is 8.97. The Labute approximate surface area is 203 Å². The standard InChI is InChI=1S/C26H30N8O/c1-14-5-23(33-32-14)29-22-8-21-19(3-4-20(28-21)18-12-27-34(2)13-18)25(30-22)31-24-16-6-15-7-17(24)11-26(35,9-15)10-16/h3-5,8,12-13,15-17,24,35H,6-7,9-11H2,1-2H3,(H3,29,30,31,32,33). The Kier molecular flexibility index (Phi) is 4.48. The number of nitrogens with zero attached hydrogens (tertiary/aromatic N) is 5. The normalized spacial score (nSPS) is 29.1. The van der Waals surface area contributed by atoms with E-state index in [1.165, 1.54) is 12.8 Å². The third-order valence-electron chi connectivity index (χ3n) is 8.19. The van der Waals surface area contributed by atoms with Gasteiger partial charge < -0.3 is 15.7 Å². The van der Waals surface area contributed by atoms with Crippen LogP contribution >= 0.6 is 0 Å². The minimum absolute atomic E-state index is 0.323. The fourth-order valence-electron chi connectivity index (χ4n) is 7.00.